The van der Waals surface area contributed by atoms with Gasteiger partial charge in [-0.05, 0) is 11.4 Å². The molecule has 2 aromatic heterocycles. The number of carbonyl (C=O) groups excluding carboxylic acids is 1. The molecule has 0 saturated heterocycles. The van der Waals surface area contributed by atoms with Crippen LogP contribution >= 0.6 is 11.3 Å². The summed E-state index contributed by atoms with van der Waals surface area (Å²) >= 11 is 1.48. The van der Waals surface area contributed by atoms with E-state index in [0.717, 1.165) is 10.2 Å². The van der Waals surface area contributed by atoms with E-state index in [9.17, 15) is 4.79 Å². The molecule has 0 aliphatic rings. The van der Waals surface area contributed by atoms with E-state index in [1.165, 1.54) is 11.3 Å². The van der Waals surface area contributed by atoms with Crippen molar-refractivity contribution in [3.05, 3.63) is 11.4 Å². The Morgan fingerprint density at radius 1 is 1.50 bits per heavy atom. The fourth-order valence-electron chi connectivity index (χ4n) is 1.57. The number of aromatic nitrogens is 2. The number of amides is 1. The number of nitrogens with one attached hydrogen (secondary N) is 3. The number of methoxy groups -OCH3 is 1. The molecule has 108 valence electrons. The van der Waals surface area contributed by atoms with Gasteiger partial charge in [0.25, 0.3) is 0 Å². The smallest absolute Gasteiger partial charge is 0.240 e. The molecule has 0 bridgehead atoms. The van der Waals surface area contributed by atoms with Crippen LogP contribution in [0, 0.1) is 0 Å². The Morgan fingerprint density at radius 2 is 2.35 bits per heavy atom. The zero-order valence-electron chi connectivity index (χ0n) is 11.0. The first-order chi connectivity index (χ1) is 9.74. The number of hydrogen-bond acceptors (Lipinski definition) is 8. The Morgan fingerprint density at radius 3 is 3.10 bits per heavy atom. The summed E-state index contributed by atoms with van der Waals surface area (Å²) in [5, 5.41) is 8.47. The van der Waals surface area contributed by atoms with Crippen LogP contribution in [0.3, 0.4) is 0 Å². The summed E-state index contributed by atoms with van der Waals surface area (Å²) in [7, 11) is 1.58. The Kier molecular flexibility index (Phi) is 5.04. The average Bonchev–Trinajstić information content (AvgIpc) is 2.93. The van der Waals surface area contributed by atoms with E-state index in [1.807, 2.05) is 11.4 Å². The number of nitrogen functional groups attached to an aromatic ring is 1. The molecule has 0 fully saturated rings. The number of carbonyl (C=O) groups is 1. The molecule has 5 N–H and O–H groups in total. The third-order valence-electron chi connectivity index (χ3n) is 2.50. The number of hydrazine groups is 1. The summed E-state index contributed by atoms with van der Waals surface area (Å²) in [4.78, 5) is 20.8. The highest BCUT2D eigenvalue weighted by atomic mass is 32.1. The minimum absolute atomic E-state index is 0.121. The Hall–Kier alpha value is -1.97. The number of rotatable bonds is 7. The van der Waals surface area contributed by atoms with Gasteiger partial charge in [0.15, 0.2) is 0 Å². The molecule has 1 amide bonds. The number of thiophene rings is 1. The first kappa shape index (κ1) is 14.4. The van der Waals surface area contributed by atoms with Gasteiger partial charge in [-0.3, -0.25) is 10.2 Å². The summed E-state index contributed by atoms with van der Waals surface area (Å²) in [6, 6.07) is 1.89. The first-order valence-corrected chi connectivity index (χ1v) is 6.84. The standard InChI is InChI=1S/C11H16N6O2S/c1-19-4-3-13-8(18)6-14-9-7-2-5-20-10(7)16-11(15-9)17-12/h2,5H,3-4,6,12H2,1H3,(H,13,18)(H2,14,15,16,17). The van der Waals surface area contributed by atoms with E-state index in [1.54, 1.807) is 7.11 Å². The Bertz CT molecular complexity index is 587. The second-order valence-electron chi connectivity index (χ2n) is 3.88. The summed E-state index contributed by atoms with van der Waals surface area (Å²) in [5.74, 6) is 6.07. The minimum atomic E-state index is -0.133. The lowest BCUT2D eigenvalue weighted by molar-refractivity contribution is -0.119. The van der Waals surface area contributed by atoms with Crippen molar-refractivity contribution in [2.24, 2.45) is 5.84 Å². The first-order valence-electron chi connectivity index (χ1n) is 5.96. The van der Waals surface area contributed by atoms with Crippen molar-refractivity contribution in [2.45, 2.75) is 0 Å². The van der Waals surface area contributed by atoms with E-state index in [2.05, 4.69) is 26.0 Å². The molecular formula is C11H16N6O2S. The van der Waals surface area contributed by atoms with Crippen LogP contribution in [0.25, 0.3) is 10.2 Å². The lowest BCUT2D eigenvalue weighted by Crippen LogP contribution is -2.32. The third kappa shape index (κ3) is 3.53. The summed E-state index contributed by atoms with van der Waals surface area (Å²) < 4.78 is 4.86. The van der Waals surface area contributed by atoms with Gasteiger partial charge in [-0.2, -0.15) is 4.98 Å². The number of ether oxygens (including phenoxy) is 1. The topological polar surface area (TPSA) is 114 Å². The minimum Gasteiger partial charge on any atom is -0.383 e. The quantitative estimate of drug-likeness (QED) is 0.327. The van der Waals surface area contributed by atoms with Crippen LogP contribution in [0.5, 0.6) is 0 Å². The lowest BCUT2D eigenvalue weighted by atomic mass is 10.3. The molecule has 9 heteroatoms. The van der Waals surface area contributed by atoms with Gasteiger partial charge in [0.05, 0.1) is 18.5 Å². The molecule has 0 spiro atoms. The molecule has 2 aromatic rings. The van der Waals surface area contributed by atoms with E-state index >= 15 is 0 Å². The zero-order chi connectivity index (χ0) is 14.4. The molecule has 0 unspecified atom stereocenters. The largest absolute Gasteiger partial charge is 0.383 e. The van der Waals surface area contributed by atoms with Crippen LogP contribution in [-0.2, 0) is 9.53 Å². The van der Waals surface area contributed by atoms with Crippen LogP contribution in [0.15, 0.2) is 11.4 Å². The van der Waals surface area contributed by atoms with Crippen LogP contribution in [-0.4, -0.2) is 42.7 Å². The predicted octanol–water partition coefficient (Wildman–Crippen LogP) is 0.151. The number of nitrogens with zero attached hydrogens (tertiary/aromatic N) is 2. The molecule has 0 saturated carbocycles. The molecule has 0 aliphatic carbocycles. The van der Waals surface area contributed by atoms with Crippen molar-refractivity contribution in [2.75, 3.05) is 37.5 Å². The van der Waals surface area contributed by atoms with Crippen molar-refractivity contribution < 1.29 is 9.53 Å². The maximum absolute atomic E-state index is 11.6. The van der Waals surface area contributed by atoms with Gasteiger partial charge < -0.3 is 15.4 Å². The van der Waals surface area contributed by atoms with Crippen LogP contribution in [0.4, 0.5) is 11.8 Å². The lowest BCUT2D eigenvalue weighted by Gasteiger charge is -2.09. The van der Waals surface area contributed by atoms with Crippen molar-refractivity contribution in [3.8, 4) is 0 Å². The van der Waals surface area contributed by atoms with Gasteiger partial charge in [-0.15, -0.1) is 11.3 Å². The van der Waals surface area contributed by atoms with Crippen molar-refractivity contribution in [3.63, 3.8) is 0 Å². The van der Waals surface area contributed by atoms with Gasteiger partial charge in [-0.1, -0.05) is 0 Å². The number of fused-ring (bicyclic) bond motifs is 1. The molecule has 8 nitrogen and oxygen atoms in total. The predicted molar refractivity (Wildman–Crippen MR) is 78.6 cm³/mol. The maximum Gasteiger partial charge on any atom is 0.240 e. The highest BCUT2D eigenvalue weighted by Crippen LogP contribution is 2.25. The zero-order valence-corrected chi connectivity index (χ0v) is 11.8. The molecule has 0 radical (unpaired) electrons. The number of nitrogens with two attached hydrogens (primary N) is 1. The monoisotopic (exact) mass is 296 g/mol. The van der Waals surface area contributed by atoms with E-state index < -0.39 is 0 Å². The van der Waals surface area contributed by atoms with Crippen molar-refractivity contribution in [1.29, 1.82) is 0 Å². The van der Waals surface area contributed by atoms with E-state index in [4.69, 9.17) is 10.6 Å². The highest BCUT2D eigenvalue weighted by Gasteiger charge is 2.09. The van der Waals surface area contributed by atoms with Gasteiger partial charge in [-0.25, -0.2) is 10.8 Å². The van der Waals surface area contributed by atoms with Gasteiger partial charge in [0, 0.05) is 13.7 Å². The summed E-state index contributed by atoms with van der Waals surface area (Å²) in [6.45, 7) is 1.08. The molecule has 0 atom stereocenters. The van der Waals surface area contributed by atoms with Crippen molar-refractivity contribution >= 4 is 39.2 Å². The Balaban J connectivity index is 2.01. The van der Waals surface area contributed by atoms with E-state index in [-0.39, 0.29) is 12.5 Å². The second-order valence-corrected chi connectivity index (χ2v) is 4.77. The fourth-order valence-corrected chi connectivity index (χ4v) is 2.34. The van der Waals surface area contributed by atoms with Crippen LogP contribution < -0.4 is 21.9 Å². The Labute approximate surface area is 119 Å². The maximum atomic E-state index is 11.6. The SMILES string of the molecule is COCCNC(=O)CNc1nc(NN)nc2sccc12. The molecular weight excluding hydrogens is 280 g/mol. The molecule has 2 heterocycles. The highest BCUT2D eigenvalue weighted by molar-refractivity contribution is 7.16. The molecule has 0 aliphatic heterocycles. The van der Waals surface area contributed by atoms with Gasteiger partial charge in [0.1, 0.15) is 10.6 Å². The van der Waals surface area contributed by atoms with Crippen molar-refractivity contribution in [1.82, 2.24) is 15.3 Å². The third-order valence-corrected chi connectivity index (χ3v) is 3.31. The van der Waals surface area contributed by atoms with Crippen LogP contribution in [0.2, 0.25) is 0 Å². The average molecular weight is 296 g/mol. The molecule has 20 heavy (non-hydrogen) atoms. The summed E-state index contributed by atoms with van der Waals surface area (Å²) in [5.41, 5.74) is 2.41. The summed E-state index contributed by atoms with van der Waals surface area (Å²) in [6.07, 6.45) is 0. The second kappa shape index (κ2) is 6.98. The molecule has 2 rings (SSSR count). The number of hydrogen-bond donors (Lipinski definition) is 4. The van der Waals surface area contributed by atoms with Gasteiger partial charge >= 0.3 is 0 Å². The number of anilines is 2. The normalized spacial score (nSPS) is 10.5. The fraction of sp³-hybridized carbons (Fsp3) is 0.364. The molecule has 0 aromatic carbocycles. The van der Waals surface area contributed by atoms with Crippen LogP contribution in [0.1, 0.15) is 0 Å². The van der Waals surface area contributed by atoms with E-state index in [0.29, 0.717) is 24.9 Å². The van der Waals surface area contributed by atoms with Gasteiger partial charge in [0.2, 0.25) is 11.9 Å².